The number of β-amino-alcohol motifs (C(OH)–C–C–N with tert-alkyl or cyclic N) is 1. The number of benzene rings is 1. The zero-order valence-electron chi connectivity index (χ0n) is 8.00. The van der Waals surface area contributed by atoms with E-state index in [1.807, 2.05) is 0 Å². The average Bonchev–Trinajstić information content (AvgIpc) is 2.22. The van der Waals surface area contributed by atoms with E-state index in [1.165, 1.54) is 6.07 Å². The van der Waals surface area contributed by atoms with E-state index in [-0.39, 0.29) is 5.02 Å². The summed E-state index contributed by atoms with van der Waals surface area (Å²) in [6.45, 7) is 1.22. The summed E-state index contributed by atoms with van der Waals surface area (Å²) in [4.78, 5) is 0. The lowest BCUT2D eigenvalue weighted by Gasteiger charge is -2.18. The van der Waals surface area contributed by atoms with Crippen LogP contribution in [0.15, 0.2) is 24.3 Å². The van der Waals surface area contributed by atoms with E-state index in [2.05, 4.69) is 5.32 Å². The molecule has 0 amide bonds. The normalized spacial score (nSPS) is 21.3. The molecule has 0 aliphatic carbocycles. The second kappa shape index (κ2) is 4.31. The summed E-state index contributed by atoms with van der Waals surface area (Å²) in [7, 11) is 0. The highest BCUT2D eigenvalue weighted by Crippen LogP contribution is 2.22. The SMILES string of the molecule is OC1C=C(c2ccc(F)c(Cl)c2)CNC1. The molecule has 0 bridgehead atoms. The van der Waals surface area contributed by atoms with Crippen molar-refractivity contribution in [2.24, 2.45) is 0 Å². The summed E-state index contributed by atoms with van der Waals surface area (Å²) in [5.41, 5.74) is 1.78. The van der Waals surface area contributed by atoms with Gasteiger partial charge in [0.05, 0.1) is 11.1 Å². The van der Waals surface area contributed by atoms with Crippen molar-refractivity contribution in [3.05, 3.63) is 40.7 Å². The van der Waals surface area contributed by atoms with E-state index in [0.29, 0.717) is 13.1 Å². The van der Waals surface area contributed by atoms with Gasteiger partial charge in [-0.3, -0.25) is 0 Å². The molecule has 0 spiro atoms. The monoisotopic (exact) mass is 227 g/mol. The van der Waals surface area contributed by atoms with Gasteiger partial charge in [-0.15, -0.1) is 0 Å². The highest BCUT2D eigenvalue weighted by molar-refractivity contribution is 6.30. The number of aliphatic hydroxyl groups excluding tert-OH is 1. The van der Waals surface area contributed by atoms with Crippen LogP contribution in [0.25, 0.3) is 5.57 Å². The molecule has 1 aromatic carbocycles. The Hall–Kier alpha value is -0.900. The average molecular weight is 228 g/mol. The van der Waals surface area contributed by atoms with Gasteiger partial charge in [-0.25, -0.2) is 4.39 Å². The van der Waals surface area contributed by atoms with Crippen molar-refractivity contribution >= 4 is 17.2 Å². The number of hydrogen-bond acceptors (Lipinski definition) is 2. The van der Waals surface area contributed by atoms with Crippen molar-refractivity contribution in [3.63, 3.8) is 0 Å². The van der Waals surface area contributed by atoms with Gasteiger partial charge >= 0.3 is 0 Å². The first-order valence-corrected chi connectivity index (χ1v) is 5.09. The quantitative estimate of drug-likeness (QED) is 0.767. The molecule has 4 heteroatoms. The molecular formula is C11H11ClFNO. The van der Waals surface area contributed by atoms with Gasteiger partial charge < -0.3 is 10.4 Å². The molecule has 2 nitrogen and oxygen atoms in total. The summed E-state index contributed by atoms with van der Waals surface area (Å²) < 4.78 is 12.9. The standard InChI is InChI=1S/C11H11ClFNO/c12-10-4-7(1-2-11(10)13)8-3-9(15)6-14-5-8/h1-4,9,14-15H,5-6H2. The van der Waals surface area contributed by atoms with Crippen molar-refractivity contribution in [2.45, 2.75) is 6.10 Å². The van der Waals surface area contributed by atoms with Crippen LogP contribution in [-0.2, 0) is 0 Å². The third-order valence-corrected chi connectivity index (χ3v) is 2.64. The summed E-state index contributed by atoms with van der Waals surface area (Å²) in [6.07, 6.45) is 1.28. The predicted molar refractivity (Wildman–Crippen MR) is 58.3 cm³/mol. The van der Waals surface area contributed by atoms with Crippen LogP contribution in [0, 0.1) is 5.82 Å². The Morgan fingerprint density at radius 3 is 2.93 bits per heavy atom. The summed E-state index contributed by atoms with van der Waals surface area (Å²) in [6, 6.07) is 4.56. The Morgan fingerprint density at radius 2 is 2.27 bits per heavy atom. The van der Waals surface area contributed by atoms with Crippen LogP contribution in [0.2, 0.25) is 5.02 Å². The van der Waals surface area contributed by atoms with Gasteiger partial charge in [0.1, 0.15) is 5.82 Å². The number of aliphatic hydroxyl groups is 1. The first kappa shape index (κ1) is 10.6. The lowest BCUT2D eigenvalue weighted by Crippen LogP contribution is -2.31. The first-order chi connectivity index (χ1) is 7.16. The van der Waals surface area contributed by atoms with Gasteiger partial charge in [0.2, 0.25) is 0 Å². The lowest BCUT2D eigenvalue weighted by atomic mass is 10.0. The second-order valence-corrected chi connectivity index (χ2v) is 3.93. The van der Waals surface area contributed by atoms with E-state index in [1.54, 1.807) is 18.2 Å². The number of hydrogen-bond donors (Lipinski definition) is 2. The van der Waals surface area contributed by atoms with Crippen molar-refractivity contribution in [1.29, 1.82) is 0 Å². The maximum atomic E-state index is 12.9. The van der Waals surface area contributed by atoms with E-state index < -0.39 is 11.9 Å². The van der Waals surface area contributed by atoms with Crippen LogP contribution in [0.5, 0.6) is 0 Å². The smallest absolute Gasteiger partial charge is 0.141 e. The van der Waals surface area contributed by atoms with Crippen molar-refractivity contribution < 1.29 is 9.50 Å². The molecule has 0 radical (unpaired) electrons. The van der Waals surface area contributed by atoms with E-state index in [9.17, 15) is 9.50 Å². The van der Waals surface area contributed by atoms with Crippen molar-refractivity contribution in [2.75, 3.05) is 13.1 Å². The second-order valence-electron chi connectivity index (χ2n) is 3.52. The van der Waals surface area contributed by atoms with Crippen LogP contribution in [0.3, 0.4) is 0 Å². The van der Waals surface area contributed by atoms with E-state index >= 15 is 0 Å². The van der Waals surface area contributed by atoms with Gasteiger partial charge in [0.25, 0.3) is 0 Å². The minimum absolute atomic E-state index is 0.105. The molecule has 2 N–H and O–H groups in total. The molecule has 80 valence electrons. The fraction of sp³-hybridized carbons (Fsp3) is 0.273. The summed E-state index contributed by atoms with van der Waals surface area (Å²) >= 11 is 5.68. The molecule has 1 aliphatic heterocycles. The molecule has 0 saturated heterocycles. The Bertz CT molecular complexity index is 406. The Labute approximate surface area is 92.4 Å². The first-order valence-electron chi connectivity index (χ1n) is 4.72. The van der Waals surface area contributed by atoms with Crippen LogP contribution < -0.4 is 5.32 Å². The van der Waals surface area contributed by atoms with Gasteiger partial charge in [0, 0.05) is 13.1 Å². The molecule has 1 aliphatic rings. The fourth-order valence-electron chi connectivity index (χ4n) is 1.60. The molecule has 1 aromatic rings. The zero-order valence-corrected chi connectivity index (χ0v) is 8.76. The Balaban J connectivity index is 2.33. The maximum Gasteiger partial charge on any atom is 0.141 e. The molecule has 0 aromatic heterocycles. The topological polar surface area (TPSA) is 32.3 Å². The molecule has 0 fully saturated rings. The third kappa shape index (κ3) is 2.37. The van der Waals surface area contributed by atoms with Crippen LogP contribution in [0.4, 0.5) is 4.39 Å². The van der Waals surface area contributed by atoms with Gasteiger partial charge in [-0.2, -0.15) is 0 Å². The minimum atomic E-state index is -0.488. The largest absolute Gasteiger partial charge is 0.388 e. The fourth-order valence-corrected chi connectivity index (χ4v) is 1.78. The van der Waals surface area contributed by atoms with Crippen LogP contribution in [-0.4, -0.2) is 24.3 Å². The molecular weight excluding hydrogens is 217 g/mol. The molecule has 0 saturated carbocycles. The van der Waals surface area contributed by atoms with E-state index in [4.69, 9.17) is 11.6 Å². The van der Waals surface area contributed by atoms with E-state index in [0.717, 1.165) is 11.1 Å². The molecule has 2 rings (SSSR count). The highest BCUT2D eigenvalue weighted by Gasteiger charge is 2.12. The highest BCUT2D eigenvalue weighted by atomic mass is 35.5. The Kier molecular flexibility index (Phi) is 3.05. The van der Waals surface area contributed by atoms with Gasteiger partial charge in [0.15, 0.2) is 0 Å². The van der Waals surface area contributed by atoms with Gasteiger partial charge in [-0.05, 0) is 29.3 Å². The van der Waals surface area contributed by atoms with Crippen LogP contribution in [0.1, 0.15) is 5.56 Å². The molecule has 15 heavy (non-hydrogen) atoms. The van der Waals surface area contributed by atoms with Crippen molar-refractivity contribution in [3.8, 4) is 0 Å². The maximum absolute atomic E-state index is 12.9. The molecule has 1 unspecified atom stereocenters. The number of nitrogens with one attached hydrogen (secondary N) is 1. The lowest BCUT2D eigenvalue weighted by molar-refractivity contribution is 0.217. The van der Waals surface area contributed by atoms with Gasteiger partial charge in [-0.1, -0.05) is 17.7 Å². The minimum Gasteiger partial charge on any atom is -0.388 e. The van der Waals surface area contributed by atoms with Crippen molar-refractivity contribution in [1.82, 2.24) is 5.32 Å². The molecule has 1 atom stereocenters. The number of rotatable bonds is 1. The summed E-state index contributed by atoms with van der Waals surface area (Å²) in [5.74, 6) is -0.426. The number of halogens is 2. The Morgan fingerprint density at radius 1 is 1.47 bits per heavy atom. The summed E-state index contributed by atoms with van der Waals surface area (Å²) in [5, 5.41) is 12.6. The molecule has 1 heterocycles. The van der Waals surface area contributed by atoms with Crippen LogP contribution >= 0.6 is 11.6 Å². The zero-order chi connectivity index (χ0) is 10.8. The third-order valence-electron chi connectivity index (χ3n) is 2.35. The predicted octanol–water partition coefficient (Wildman–Crippen LogP) is 1.83.